The van der Waals surface area contributed by atoms with E-state index in [-0.39, 0.29) is 6.04 Å². The molecule has 0 aliphatic heterocycles. The predicted molar refractivity (Wildman–Crippen MR) is 74.8 cm³/mol. The van der Waals surface area contributed by atoms with Crippen molar-refractivity contribution in [2.75, 3.05) is 11.1 Å². The molecule has 17 heavy (non-hydrogen) atoms. The van der Waals surface area contributed by atoms with E-state index in [4.69, 9.17) is 5.73 Å². The predicted octanol–water partition coefficient (Wildman–Crippen LogP) is 3.60. The van der Waals surface area contributed by atoms with Gasteiger partial charge in [0.25, 0.3) is 0 Å². The quantitative estimate of drug-likeness (QED) is 0.908. The Hall–Kier alpha value is -1.55. The van der Waals surface area contributed by atoms with Crippen LogP contribution < -0.4 is 11.1 Å². The van der Waals surface area contributed by atoms with E-state index < -0.39 is 0 Å². The second-order valence-corrected chi connectivity index (χ2v) is 4.73. The highest BCUT2D eigenvalue weighted by molar-refractivity contribution is 9.10. The summed E-state index contributed by atoms with van der Waals surface area (Å²) in [5.41, 5.74) is 7.52. The van der Waals surface area contributed by atoms with Crippen molar-refractivity contribution in [3.8, 4) is 0 Å². The summed E-state index contributed by atoms with van der Waals surface area (Å²) in [6, 6.07) is 12.3. The van der Waals surface area contributed by atoms with Crippen molar-refractivity contribution in [3.05, 3.63) is 52.6 Å². The highest BCUT2D eigenvalue weighted by atomic mass is 79.9. The van der Waals surface area contributed by atoms with E-state index in [9.17, 15) is 0 Å². The average Bonchev–Trinajstić information content (AvgIpc) is 2.34. The Kier molecular flexibility index (Phi) is 3.64. The van der Waals surface area contributed by atoms with Crippen molar-refractivity contribution in [2.45, 2.75) is 13.0 Å². The molecule has 1 atom stereocenters. The molecule has 3 N–H and O–H groups in total. The SMILES string of the molecule is CC(Nc1ncc(N)cc1Br)c1ccccc1. The minimum atomic E-state index is 0.198. The van der Waals surface area contributed by atoms with Gasteiger partial charge in [0.2, 0.25) is 0 Å². The maximum Gasteiger partial charge on any atom is 0.140 e. The van der Waals surface area contributed by atoms with Crippen molar-refractivity contribution in [3.63, 3.8) is 0 Å². The first-order valence-electron chi connectivity index (χ1n) is 5.39. The topological polar surface area (TPSA) is 50.9 Å². The van der Waals surface area contributed by atoms with E-state index in [1.807, 2.05) is 24.3 Å². The number of rotatable bonds is 3. The third-order valence-corrected chi connectivity index (χ3v) is 3.12. The average molecular weight is 292 g/mol. The van der Waals surface area contributed by atoms with Crippen molar-refractivity contribution in [2.24, 2.45) is 0 Å². The van der Waals surface area contributed by atoms with Gasteiger partial charge >= 0.3 is 0 Å². The fraction of sp³-hybridized carbons (Fsp3) is 0.154. The van der Waals surface area contributed by atoms with Gasteiger partial charge in [0, 0.05) is 6.04 Å². The van der Waals surface area contributed by atoms with Crippen molar-refractivity contribution in [1.29, 1.82) is 0 Å². The number of nitrogen functional groups attached to an aromatic ring is 1. The molecular weight excluding hydrogens is 278 g/mol. The van der Waals surface area contributed by atoms with Gasteiger partial charge in [-0.3, -0.25) is 0 Å². The Labute approximate surface area is 109 Å². The molecule has 0 spiro atoms. The number of nitrogens with zero attached hydrogens (tertiary/aromatic N) is 1. The lowest BCUT2D eigenvalue weighted by Crippen LogP contribution is -2.08. The number of halogens is 1. The van der Waals surface area contributed by atoms with Gasteiger partial charge in [0.05, 0.1) is 16.4 Å². The number of anilines is 2. The summed E-state index contributed by atoms with van der Waals surface area (Å²) >= 11 is 3.44. The number of hydrogen-bond acceptors (Lipinski definition) is 3. The van der Waals surface area contributed by atoms with Gasteiger partial charge in [0.15, 0.2) is 0 Å². The molecule has 2 rings (SSSR count). The van der Waals surface area contributed by atoms with Crippen LogP contribution in [0, 0.1) is 0 Å². The van der Waals surface area contributed by atoms with E-state index in [0.717, 1.165) is 10.3 Å². The molecule has 0 amide bonds. The second kappa shape index (κ2) is 5.19. The molecule has 3 nitrogen and oxygen atoms in total. The lowest BCUT2D eigenvalue weighted by molar-refractivity contribution is 0.873. The maximum atomic E-state index is 5.65. The first-order chi connectivity index (χ1) is 8.16. The van der Waals surface area contributed by atoms with Crippen LogP contribution in [-0.4, -0.2) is 4.98 Å². The molecule has 0 bridgehead atoms. The molecule has 4 heteroatoms. The van der Waals surface area contributed by atoms with Crippen LogP contribution in [-0.2, 0) is 0 Å². The summed E-state index contributed by atoms with van der Waals surface area (Å²) in [6.07, 6.45) is 1.64. The third kappa shape index (κ3) is 2.97. The molecule has 1 heterocycles. The Morgan fingerprint density at radius 1 is 1.29 bits per heavy atom. The van der Waals surface area contributed by atoms with E-state index in [1.54, 1.807) is 6.20 Å². The minimum absolute atomic E-state index is 0.198. The highest BCUT2D eigenvalue weighted by Gasteiger charge is 2.08. The second-order valence-electron chi connectivity index (χ2n) is 3.88. The van der Waals surface area contributed by atoms with Gasteiger partial charge < -0.3 is 11.1 Å². The van der Waals surface area contributed by atoms with Gasteiger partial charge in [-0.1, -0.05) is 30.3 Å². The lowest BCUT2D eigenvalue weighted by Gasteiger charge is -2.16. The van der Waals surface area contributed by atoms with E-state index in [2.05, 4.69) is 45.3 Å². The largest absolute Gasteiger partial charge is 0.397 e. The summed E-state index contributed by atoms with van der Waals surface area (Å²) in [5, 5.41) is 3.34. The summed E-state index contributed by atoms with van der Waals surface area (Å²) in [5.74, 6) is 0.801. The Morgan fingerprint density at radius 2 is 2.00 bits per heavy atom. The van der Waals surface area contributed by atoms with Crippen LogP contribution in [0.5, 0.6) is 0 Å². The number of benzene rings is 1. The Morgan fingerprint density at radius 3 is 2.65 bits per heavy atom. The molecule has 2 aromatic rings. The van der Waals surface area contributed by atoms with Crippen LogP contribution in [0.1, 0.15) is 18.5 Å². The van der Waals surface area contributed by atoms with Crippen LogP contribution in [0.4, 0.5) is 11.5 Å². The smallest absolute Gasteiger partial charge is 0.140 e. The molecule has 1 aromatic carbocycles. The van der Waals surface area contributed by atoms with Crippen molar-refractivity contribution in [1.82, 2.24) is 4.98 Å². The van der Waals surface area contributed by atoms with Crippen molar-refractivity contribution < 1.29 is 0 Å². The lowest BCUT2D eigenvalue weighted by atomic mass is 10.1. The zero-order chi connectivity index (χ0) is 12.3. The molecule has 1 aromatic heterocycles. The molecule has 0 fully saturated rings. The molecule has 0 saturated heterocycles. The van der Waals surface area contributed by atoms with Gasteiger partial charge in [-0.25, -0.2) is 4.98 Å². The minimum Gasteiger partial charge on any atom is -0.397 e. The monoisotopic (exact) mass is 291 g/mol. The molecule has 1 unspecified atom stereocenters. The number of pyridine rings is 1. The molecule has 0 aliphatic carbocycles. The van der Waals surface area contributed by atoms with Crippen LogP contribution in [0.3, 0.4) is 0 Å². The van der Waals surface area contributed by atoms with Gasteiger partial charge in [-0.15, -0.1) is 0 Å². The Balaban J connectivity index is 2.16. The molecule has 0 saturated carbocycles. The summed E-state index contributed by atoms with van der Waals surface area (Å²) in [6.45, 7) is 2.10. The van der Waals surface area contributed by atoms with Crippen LogP contribution in [0.2, 0.25) is 0 Å². The highest BCUT2D eigenvalue weighted by Crippen LogP contribution is 2.25. The number of nitrogens with one attached hydrogen (secondary N) is 1. The van der Waals surface area contributed by atoms with Crippen LogP contribution >= 0.6 is 15.9 Å². The van der Waals surface area contributed by atoms with E-state index in [0.29, 0.717) is 5.69 Å². The van der Waals surface area contributed by atoms with Gasteiger partial charge in [-0.05, 0) is 34.5 Å². The standard InChI is InChI=1S/C13H14BrN3/c1-9(10-5-3-2-4-6-10)17-13-12(14)7-11(15)8-16-13/h2-9H,15H2,1H3,(H,16,17). The first-order valence-corrected chi connectivity index (χ1v) is 6.18. The number of hydrogen-bond donors (Lipinski definition) is 2. The first kappa shape index (κ1) is 11.9. The third-order valence-electron chi connectivity index (χ3n) is 2.52. The zero-order valence-electron chi connectivity index (χ0n) is 9.52. The molecular formula is C13H14BrN3. The maximum absolute atomic E-state index is 5.65. The summed E-state index contributed by atoms with van der Waals surface area (Å²) in [4.78, 5) is 4.26. The van der Waals surface area contributed by atoms with E-state index in [1.165, 1.54) is 5.56 Å². The zero-order valence-corrected chi connectivity index (χ0v) is 11.1. The van der Waals surface area contributed by atoms with Crippen molar-refractivity contribution >= 4 is 27.4 Å². The normalized spacial score (nSPS) is 12.1. The number of nitrogens with two attached hydrogens (primary N) is 1. The fourth-order valence-corrected chi connectivity index (χ4v) is 2.07. The fourth-order valence-electron chi connectivity index (χ4n) is 1.59. The van der Waals surface area contributed by atoms with Crippen LogP contribution in [0.15, 0.2) is 47.1 Å². The summed E-state index contributed by atoms with van der Waals surface area (Å²) < 4.78 is 0.875. The van der Waals surface area contributed by atoms with Gasteiger partial charge in [-0.2, -0.15) is 0 Å². The Bertz CT molecular complexity index is 499. The number of aromatic nitrogens is 1. The van der Waals surface area contributed by atoms with E-state index >= 15 is 0 Å². The summed E-state index contributed by atoms with van der Waals surface area (Å²) in [7, 11) is 0. The molecule has 0 radical (unpaired) electrons. The molecule has 88 valence electrons. The molecule has 0 aliphatic rings. The van der Waals surface area contributed by atoms with Crippen LogP contribution in [0.25, 0.3) is 0 Å². The van der Waals surface area contributed by atoms with Gasteiger partial charge in [0.1, 0.15) is 5.82 Å².